The van der Waals surface area contributed by atoms with Gasteiger partial charge in [-0.25, -0.2) is 14.2 Å². The van der Waals surface area contributed by atoms with E-state index in [2.05, 4.69) is 15.6 Å². The number of rotatable bonds is 6. The molecule has 0 radical (unpaired) electrons. The summed E-state index contributed by atoms with van der Waals surface area (Å²) in [4.78, 5) is 28.8. The predicted octanol–water partition coefficient (Wildman–Crippen LogP) is 6.55. The number of alkyl carbamates (subject to hydrolysis) is 1. The van der Waals surface area contributed by atoms with Crippen LogP contribution in [-0.4, -0.2) is 30.5 Å². The molecule has 36 heavy (non-hydrogen) atoms. The van der Waals surface area contributed by atoms with Crippen LogP contribution in [0, 0.1) is 18.7 Å². The van der Waals surface area contributed by atoms with Crippen molar-refractivity contribution < 1.29 is 36.3 Å². The first kappa shape index (κ1) is 27.5. The Morgan fingerprint density at radius 3 is 2.47 bits per heavy atom. The standard InChI is InChI=1S/C24H26ClF4N3O4/c1-3-35-23(34)31-17-6-4-14(5-7-17)9-20(30-18-11-15(25)10-16(26)12-18)32-22(33)19-8-13(2)36-21(19)24(27,28)29/h8,10-12,14,17H,3-7,9H2,1-2H3,(H,31,34)(H,30,32,33). The molecule has 0 unspecified atom stereocenters. The van der Waals surface area contributed by atoms with Gasteiger partial charge in [-0.15, -0.1) is 0 Å². The first-order valence-electron chi connectivity index (χ1n) is 11.4. The van der Waals surface area contributed by atoms with Crippen LogP contribution in [0.2, 0.25) is 5.02 Å². The molecule has 1 saturated carbocycles. The zero-order valence-corrected chi connectivity index (χ0v) is 20.4. The van der Waals surface area contributed by atoms with Gasteiger partial charge >= 0.3 is 12.3 Å². The number of halogens is 5. The third-order valence-corrected chi connectivity index (χ3v) is 5.87. The van der Waals surface area contributed by atoms with E-state index >= 15 is 0 Å². The number of amides is 2. The number of nitrogens with zero attached hydrogens (tertiary/aromatic N) is 1. The van der Waals surface area contributed by atoms with Crippen LogP contribution in [0.25, 0.3) is 0 Å². The molecule has 7 nitrogen and oxygen atoms in total. The van der Waals surface area contributed by atoms with E-state index in [1.54, 1.807) is 6.92 Å². The molecule has 2 amide bonds. The normalized spacial score (nSPS) is 18.6. The summed E-state index contributed by atoms with van der Waals surface area (Å²) in [5.74, 6) is -3.09. The molecule has 1 aromatic carbocycles. The van der Waals surface area contributed by atoms with Gasteiger partial charge < -0.3 is 19.8 Å². The lowest BCUT2D eigenvalue weighted by Gasteiger charge is -2.29. The van der Waals surface area contributed by atoms with E-state index in [-0.39, 0.29) is 47.3 Å². The molecule has 196 valence electrons. The zero-order chi connectivity index (χ0) is 26.5. The lowest BCUT2D eigenvalue weighted by atomic mass is 9.84. The first-order chi connectivity index (χ1) is 16.9. The quantitative estimate of drug-likeness (QED) is 0.251. The zero-order valence-electron chi connectivity index (χ0n) is 19.7. The van der Waals surface area contributed by atoms with Crippen LogP contribution in [-0.2, 0) is 10.9 Å². The molecule has 1 fully saturated rings. The van der Waals surface area contributed by atoms with E-state index in [1.165, 1.54) is 13.0 Å². The first-order valence-corrected chi connectivity index (χ1v) is 11.8. The summed E-state index contributed by atoms with van der Waals surface area (Å²) in [6, 6.07) is 4.49. The number of nitrogens with one attached hydrogen (secondary N) is 2. The van der Waals surface area contributed by atoms with Crippen LogP contribution in [0.15, 0.2) is 33.7 Å². The average Bonchev–Trinajstić information content (AvgIpc) is 3.17. The van der Waals surface area contributed by atoms with Crippen molar-refractivity contribution in [3.8, 4) is 0 Å². The maximum Gasteiger partial charge on any atom is 0.450 e. The third-order valence-electron chi connectivity index (χ3n) is 5.65. The van der Waals surface area contributed by atoms with E-state index in [4.69, 9.17) is 20.8 Å². The van der Waals surface area contributed by atoms with Crippen molar-refractivity contribution in [2.45, 2.75) is 58.2 Å². The van der Waals surface area contributed by atoms with Gasteiger partial charge in [0.25, 0.3) is 5.91 Å². The van der Waals surface area contributed by atoms with Crippen LogP contribution < -0.4 is 10.6 Å². The second-order valence-corrected chi connectivity index (χ2v) is 8.96. The molecule has 0 aliphatic heterocycles. The van der Waals surface area contributed by atoms with Gasteiger partial charge in [-0.2, -0.15) is 13.2 Å². The average molecular weight is 532 g/mol. The molecule has 1 aromatic heterocycles. The number of amidine groups is 1. The molecule has 2 aromatic rings. The van der Waals surface area contributed by atoms with Crippen molar-refractivity contribution in [2.24, 2.45) is 10.9 Å². The van der Waals surface area contributed by atoms with Gasteiger partial charge in [-0.1, -0.05) is 11.6 Å². The van der Waals surface area contributed by atoms with E-state index < -0.39 is 35.3 Å². The summed E-state index contributed by atoms with van der Waals surface area (Å²) >= 11 is 5.90. The minimum atomic E-state index is -4.86. The van der Waals surface area contributed by atoms with E-state index in [9.17, 15) is 27.2 Å². The fraction of sp³-hybridized carbons (Fsp3) is 0.458. The van der Waals surface area contributed by atoms with Crippen molar-refractivity contribution in [2.75, 3.05) is 6.61 Å². The number of furan rings is 1. The van der Waals surface area contributed by atoms with Gasteiger partial charge in [-0.3, -0.25) is 4.79 Å². The Hall–Kier alpha value is -3.08. The minimum absolute atomic E-state index is 0.0153. The molecule has 3 rings (SSSR count). The Bertz CT molecular complexity index is 1100. The maximum absolute atomic E-state index is 13.8. The van der Waals surface area contributed by atoms with Gasteiger partial charge in [0.05, 0.1) is 17.9 Å². The molecule has 0 saturated heterocycles. The smallest absolute Gasteiger partial charge is 0.450 e. The molecule has 1 heterocycles. The number of aliphatic imine (C=N–C) groups is 1. The van der Waals surface area contributed by atoms with Gasteiger partial charge in [0.2, 0.25) is 5.76 Å². The number of carbonyl (C=O) groups excluding carboxylic acids is 2. The highest BCUT2D eigenvalue weighted by atomic mass is 35.5. The monoisotopic (exact) mass is 531 g/mol. The fourth-order valence-corrected chi connectivity index (χ4v) is 4.32. The highest BCUT2D eigenvalue weighted by molar-refractivity contribution is 6.30. The van der Waals surface area contributed by atoms with E-state index in [0.29, 0.717) is 25.7 Å². The number of hydrogen-bond donors (Lipinski definition) is 2. The molecular formula is C24H26ClF4N3O4. The summed E-state index contributed by atoms with van der Waals surface area (Å²) in [7, 11) is 0. The largest absolute Gasteiger partial charge is 0.456 e. The lowest BCUT2D eigenvalue weighted by Crippen LogP contribution is -2.39. The Morgan fingerprint density at radius 2 is 1.86 bits per heavy atom. The number of alkyl halides is 3. The summed E-state index contributed by atoms with van der Waals surface area (Å²) in [5, 5.41) is 5.32. The topological polar surface area (TPSA) is 92.9 Å². The number of benzene rings is 1. The molecule has 0 spiro atoms. The number of aryl methyl sites for hydroxylation is 1. The summed E-state index contributed by atoms with van der Waals surface area (Å²) in [5.41, 5.74) is -0.570. The Labute approximate surface area is 210 Å². The van der Waals surface area contributed by atoms with Crippen molar-refractivity contribution in [1.82, 2.24) is 10.6 Å². The minimum Gasteiger partial charge on any atom is -0.456 e. The molecule has 1 aliphatic carbocycles. The van der Waals surface area contributed by atoms with Crippen LogP contribution in [0.4, 0.5) is 28.0 Å². The summed E-state index contributed by atoms with van der Waals surface area (Å²) in [6.45, 7) is 3.27. The third kappa shape index (κ3) is 7.71. The second kappa shape index (κ2) is 11.8. The van der Waals surface area contributed by atoms with Crippen molar-refractivity contribution in [1.29, 1.82) is 0 Å². The van der Waals surface area contributed by atoms with E-state index in [0.717, 1.165) is 18.2 Å². The lowest BCUT2D eigenvalue weighted by molar-refractivity contribution is -0.153. The van der Waals surface area contributed by atoms with Crippen molar-refractivity contribution >= 4 is 35.1 Å². The second-order valence-electron chi connectivity index (χ2n) is 8.52. The van der Waals surface area contributed by atoms with Crippen LogP contribution in [0.3, 0.4) is 0 Å². The van der Waals surface area contributed by atoms with E-state index in [1.807, 2.05) is 0 Å². The van der Waals surface area contributed by atoms with Crippen LogP contribution in [0.1, 0.15) is 60.9 Å². The number of carbonyl (C=O) groups is 2. The molecule has 12 heteroatoms. The maximum atomic E-state index is 13.8. The number of hydrogen-bond acceptors (Lipinski definition) is 5. The predicted molar refractivity (Wildman–Crippen MR) is 125 cm³/mol. The fourth-order valence-electron chi connectivity index (χ4n) is 4.10. The van der Waals surface area contributed by atoms with Crippen LogP contribution >= 0.6 is 11.6 Å². The molecule has 0 bridgehead atoms. The summed E-state index contributed by atoms with van der Waals surface area (Å²) in [6.07, 6.45) is -2.52. The Kier molecular flexibility index (Phi) is 8.99. The van der Waals surface area contributed by atoms with Crippen LogP contribution in [0.5, 0.6) is 0 Å². The van der Waals surface area contributed by atoms with Crippen molar-refractivity contribution in [3.63, 3.8) is 0 Å². The highest BCUT2D eigenvalue weighted by Crippen LogP contribution is 2.34. The van der Waals surface area contributed by atoms with Gasteiger partial charge in [-0.05, 0) is 69.7 Å². The molecular weight excluding hydrogens is 506 g/mol. The molecule has 1 aliphatic rings. The SMILES string of the molecule is CCOC(=O)NC1CCC(CC(=Nc2cc(F)cc(Cl)c2)NC(=O)c2cc(C)oc2C(F)(F)F)CC1. The summed E-state index contributed by atoms with van der Waals surface area (Å²) < 4.78 is 63.5. The van der Waals surface area contributed by atoms with Gasteiger partial charge in [0.15, 0.2) is 0 Å². The number of ether oxygens (including phenoxy) is 1. The Balaban J connectivity index is 1.79. The Morgan fingerprint density at radius 1 is 1.17 bits per heavy atom. The van der Waals surface area contributed by atoms with Gasteiger partial charge in [0.1, 0.15) is 17.4 Å². The highest BCUT2D eigenvalue weighted by Gasteiger charge is 2.40. The van der Waals surface area contributed by atoms with Gasteiger partial charge in [0, 0.05) is 17.5 Å². The molecule has 0 atom stereocenters. The molecule has 2 N–H and O–H groups in total. The van der Waals surface area contributed by atoms with Crippen molar-refractivity contribution in [3.05, 3.63) is 52.2 Å².